The van der Waals surface area contributed by atoms with Gasteiger partial charge in [0.15, 0.2) is 6.10 Å². The number of carboxylic acids is 1. The maximum absolute atomic E-state index is 12.6. The van der Waals surface area contributed by atoms with E-state index in [2.05, 4.69) is 54.8 Å². The monoisotopic (exact) mass is 786 g/mol. The van der Waals surface area contributed by atoms with Crippen LogP contribution in [0.3, 0.4) is 0 Å². The fourth-order valence-corrected chi connectivity index (χ4v) is 6.28. The number of phosphoric acid groups is 1. The number of esters is 2. The summed E-state index contributed by atoms with van der Waals surface area (Å²) >= 11 is 0. The van der Waals surface area contributed by atoms with Crippen LogP contribution in [0.5, 0.6) is 0 Å². The quantitative estimate of drug-likeness (QED) is 0.0234. The Balaban J connectivity index is 4.43. The van der Waals surface area contributed by atoms with E-state index < -0.39 is 51.1 Å². The molecule has 54 heavy (non-hydrogen) atoms. The lowest BCUT2D eigenvalue weighted by Crippen LogP contribution is -2.34. The van der Waals surface area contributed by atoms with Gasteiger partial charge in [-0.1, -0.05) is 134 Å². The van der Waals surface area contributed by atoms with E-state index in [4.69, 9.17) is 24.8 Å². The molecule has 0 aliphatic carbocycles. The predicted molar refractivity (Wildman–Crippen MR) is 217 cm³/mol. The lowest BCUT2D eigenvalue weighted by molar-refractivity contribution is -0.161. The minimum Gasteiger partial charge on any atom is -0.480 e. The van der Waals surface area contributed by atoms with Crippen LogP contribution in [-0.4, -0.2) is 59.9 Å². The molecule has 0 amide bonds. The third-order valence-electron chi connectivity index (χ3n) is 8.86. The number of hydrogen-bond donors (Lipinski definition) is 3. The molecule has 0 saturated heterocycles. The number of rotatable bonds is 39. The molecule has 0 spiro atoms. The van der Waals surface area contributed by atoms with Gasteiger partial charge in [0, 0.05) is 12.8 Å². The van der Waals surface area contributed by atoms with Gasteiger partial charge in [-0.25, -0.2) is 4.57 Å². The van der Waals surface area contributed by atoms with Crippen LogP contribution >= 0.6 is 7.82 Å². The van der Waals surface area contributed by atoms with E-state index >= 15 is 0 Å². The van der Waals surface area contributed by atoms with Crippen LogP contribution in [0.15, 0.2) is 36.5 Å². The van der Waals surface area contributed by atoms with E-state index in [-0.39, 0.29) is 19.4 Å². The zero-order valence-corrected chi connectivity index (χ0v) is 34.7. The molecule has 0 aliphatic heterocycles. The van der Waals surface area contributed by atoms with Crippen molar-refractivity contribution in [2.75, 3.05) is 19.8 Å². The van der Waals surface area contributed by atoms with Gasteiger partial charge in [-0.05, 0) is 70.6 Å². The molecule has 3 atom stereocenters. The number of ether oxygens (including phenoxy) is 2. The molecule has 0 aromatic rings. The first-order valence-electron chi connectivity index (χ1n) is 21.0. The Hall–Kier alpha value is -2.30. The van der Waals surface area contributed by atoms with E-state index in [0.29, 0.717) is 12.8 Å². The SMILES string of the molecule is CCCCC/C=C\C/C=C\CCCCCCCC(=O)OC(COC(=O)CCCCCCC/C=C\CCCCCCCC)COP(=O)(O)OC[C@H](N)C(=O)O. The second-order valence-corrected chi connectivity index (χ2v) is 15.6. The first-order chi connectivity index (χ1) is 26.1. The largest absolute Gasteiger partial charge is 0.480 e. The highest BCUT2D eigenvalue weighted by Crippen LogP contribution is 2.43. The van der Waals surface area contributed by atoms with Gasteiger partial charge in [0.25, 0.3) is 0 Å². The van der Waals surface area contributed by atoms with Gasteiger partial charge in [0.05, 0.1) is 13.2 Å². The Morgan fingerprint density at radius 3 is 1.50 bits per heavy atom. The van der Waals surface area contributed by atoms with Gasteiger partial charge in [-0.2, -0.15) is 0 Å². The van der Waals surface area contributed by atoms with Crippen molar-refractivity contribution in [3.8, 4) is 0 Å². The molecule has 4 N–H and O–H groups in total. The first-order valence-corrected chi connectivity index (χ1v) is 22.5. The summed E-state index contributed by atoms with van der Waals surface area (Å²) in [7, 11) is -4.72. The molecular weight excluding hydrogens is 709 g/mol. The number of nitrogens with two attached hydrogens (primary N) is 1. The van der Waals surface area contributed by atoms with Crippen molar-refractivity contribution in [1.82, 2.24) is 0 Å². The highest BCUT2D eigenvalue weighted by Gasteiger charge is 2.28. The molecule has 11 nitrogen and oxygen atoms in total. The minimum atomic E-state index is -4.72. The van der Waals surface area contributed by atoms with Crippen molar-refractivity contribution in [2.24, 2.45) is 5.73 Å². The molecule has 0 heterocycles. The van der Waals surface area contributed by atoms with Gasteiger partial charge >= 0.3 is 25.7 Å². The molecular formula is C42H76NO10P. The van der Waals surface area contributed by atoms with Crippen molar-refractivity contribution >= 4 is 25.7 Å². The highest BCUT2D eigenvalue weighted by atomic mass is 31.2. The first kappa shape index (κ1) is 51.7. The van der Waals surface area contributed by atoms with E-state index in [0.717, 1.165) is 83.5 Å². The number of phosphoric ester groups is 1. The Bertz CT molecular complexity index is 1060. The maximum Gasteiger partial charge on any atom is 0.472 e. The van der Waals surface area contributed by atoms with E-state index in [1.54, 1.807) is 0 Å². The second-order valence-electron chi connectivity index (χ2n) is 14.1. The van der Waals surface area contributed by atoms with Crippen molar-refractivity contribution in [2.45, 2.75) is 193 Å². The summed E-state index contributed by atoms with van der Waals surface area (Å²) in [6, 6.07) is -1.52. The lowest BCUT2D eigenvalue weighted by atomic mass is 10.1. The molecule has 0 rings (SSSR count). The summed E-state index contributed by atoms with van der Waals surface area (Å²) < 4.78 is 32.6. The van der Waals surface area contributed by atoms with Crippen LogP contribution in [0, 0.1) is 0 Å². The topological polar surface area (TPSA) is 172 Å². The van der Waals surface area contributed by atoms with E-state index in [1.807, 2.05) is 0 Å². The predicted octanol–water partition coefficient (Wildman–Crippen LogP) is 10.8. The number of carbonyl (C=O) groups excluding carboxylic acids is 2. The molecule has 2 unspecified atom stereocenters. The lowest BCUT2D eigenvalue weighted by Gasteiger charge is -2.20. The van der Waals surface area contributed by atoms with Gasteiger partial charge in [-0.3, -0.25) is 23.4 Å². The standard InChI is InChI=1S/C42H76NO10P/c1-3-5-7-9-11-13-15-17-19-21-23-25-27-29-31-33-40(44)50-35-38(36-51-54(48,49)52-37-39(43)42(46)47)53-41(45)34-32-30-28-26-24-22-20-18-16-14-12-10-8-6-4-2/h12,14,17-20,38-39H,3-11,13,15-16,21-37,43H2,1-2H3,(H,46,47)(H,48,49)/b14-12-,19-17-,20-18-/t38?,39-/m0/s1. The maximum atomic E-state index is 12.6. The summed E-state index contributed by atoms with van der Waals surface area (Å²) in [4.78, 5) is 45.9. The highest BCUT2D eigenvalue weighted by molar-refractivity contribution is 7.47. The molecule has 0 fully saturated rings. The van der Waals surface area contributed by atoms with Crippen molar-refractivity contribution in [1.29, 1.82) is 0 Å². The Kier molecular flexibility index (Phi) is 36.0. The van der Waals surface area contributed by atoms with Gasteiger partial charge in [0.1, 0.15) is 12.6 Å². The third-order valence-corrected chi connectivity index (χ3v) is 9.81. The number of hydrogen-bond acceptors (Lipinski definition) is 9. The Morgan fingerprint density at radius 2 is 0.981 bits per heavy atom. The average Bonchev–Trinajstić information content (AvgIpc) is 3.14. The molecule has 0 aromatic carbocycles. The number of allylic oxidation sites excluding steroid dienone is 6. The fraction of sp³-hybridized carbons (Fsp3) is 0.786. The number of unbranched alkanes of at least 4 members (excludes halogenated alkanes) is 19. The van der Waals surface area contributed by atoms with Crippen LogP contribution in [0.2, 0.25) is 0 Å². The van der Waals surface area contributed by atoms with E-state index in [1.165, 1.54) is 57.8 Å². The fourth-order valence-electron chi connectivity index (χ4n) is 5.50. The summed E-state index contributed by atoms with van der Waals surface area (Å²) in [5, 5.41) is 8.88. The summed E-state index contributed by atoms with van der Waals surface area (Å²) in [5.74, 6) is -2.41. The zero-order chi connectivity index (χ0) is 40.0. The minimum absolute atomic E-state index is 0.143. The number of aliphatic carboxylic acids is 1. The summed E-state index contributed by atoms with van der Waals surface area (Å²) in [6.45, 7) is 2.74. The van der Waals surface area contributed by atoms with Gasteiger partial charge < -0.3 is 25.2 Å². The number of carbonyl (C=O) groups is 3. The van der Waals surface area contributed by atoms with Gasteiger partial charge in [0.2, 0.25) is 0 Å². The van der Waals surface area contributed by atoms with Gasteiger partial charge in [-0.15, -0.1) is 0 Å². The van der Waals surface area contributed by atoms with Crippen LogP contribution in [-0.2, 0) is 37.5 Å². The van der Waals surface area contributed by atoms with Crippen LogP contribution in [0.25, 0.3) is 0 Å². The molecule has 0 aromatic heterocycles. The van der Waals surface area contributed by atoms with E-state index in [9.17, 15) is 23.8 Å². The Labute approximate surface area is 327 Å². The molecule has 0 radical (unpaired) electrons. The van der Waals surface area contributed by atoms with Crippen molar-refractivity contribution < 1.29 is 47.5 Å². The van der Waals surface area contributed by atoms with Crippen LogP contribution < -0.4 is 5.73 Å². The Morgan fingerprint density at radius 1 is 0.574 bits per heavy atom. The van der Waals surface area contributed by atoms with Crippen LogP contribution in [0.4, 0.5) is 0 Å². The normalized spacial score (nSPS) is 14.1. The smallest absolute Gasteiger partial charge is 0.472 e. The van der Waals surface area contributed by atoms with Crippen molar-refractivity contribution in [3.63, 3.8) is 0 Å². The summed E-state index contributed by atoms with van der Waals surface area (Å²) in [5.41, 5.74) is 5.32. The molecule has 314 valence electrons. The summed E-state index contributed by atoms with van der Waals surface area (Å²) in [6.07, 6.45) is 39.2. The second kappa shape index (κ2) is 37.6. The molecule has 0 bridgehead atoms. The molecule has 0 aliphatic rings. The van der Waals surface area contributed by atoms with Crippen molar-refractivity contribution in [3.05, 3.63) is 36.5 Å². The van der Waals surface area contributed by atoms with Crippen LogP contribution in [0.1, 0.15) is 181 Å². The number of carboxylic acid groups (broad SMARTS) is 1. The zero-order valence-electron chi connectivity index (χ0n) is 33.8. The average molecular weight is 786 g/mol. The molecule has 12 heteroatoms. The molecule has 0 saturated carbocycles. The third kappa shape index (κ3) is 36.7.